The zero-order chi connectivity index (χ0) is 14.9. The average molecular weight is 297 g/mol. The molecular formula is C17H19N3O2. The summed E-state index contributed by atoms with van der Waals surface area (Å²) in [4.78, 5) is 19.3. The number of likely N-dealkylation sites (tertiary alicyclic amines) is 1. The number of carbonyl (C=O) groups excluding carboxylic acids is 1. The van der Waals surface area contributed by atoms with E-state index in [9.17, 15) is 4.79 Å². The molecule has 0 bridgehead atoms. The van der Waals surface area contributed by atoms with E-state index in [1.165, 1.54) is 0 Å². The number of hydrogen-bond donors (Lipinski definition) is 0. The molecule has 2 aromatic heterocycles. The SMILES string of the molecule is O=C(c1onc2c1CCCC2)N1CCCC1c1ccccn1. The third-order valence-corrected chi connectivity index (χ3v) is 4.70. The van der Waals surface area contributed by atoms with Crippen molar-refractivity contribution in [3.63, 3.8) is 0 Å². The fraction of sp³-hybridized carbons (Fsp3) is 0.471. The van der Waals surface area contributed by atoms with E-state index in [1.54, 1.807) is 6.20 Å². The van der Waals surface area contributed by atoms with E-state index in [0.29, 0.717) is 5.76 Å². The Hall–Kier alpha value is -2.17. The van der Waals surface area contributed by atoms with E-state index in [0.717, 1.165) is 62.0 Å². The van der Waals surface area contributed by atoms with Crippen LogP contribution in [0, 0.1) is 0 Å². The van der Waals surface area contributed by atoms with Crippen molar-refractivity contribution < 1.29 is 9.32 Å². The summed E-state index contributed by atoms with van der Waals surface area (Å²) in [6.07, 6.45) is 7.82. The molecule has 1 fully saturated rings. The van der Waals surface area contributed by atoms with E-state index < -0.39 is 0 Å². The van der Waals surface area contributed by atoms with Crippen LogP contribution in [0.25, 0.3) is 0 Å². The van der Waals surface area contributed by atoms with Crippen LogP contribution in [0.2, 0.25) is 0 Å². The van der Waals surface area contributed by atoms with Gasteiger partial charge in [0.05, 0.1) is 17.4 Å². The first-order valence-electron chi connectivity index (χ1n) is 8.04. The molecule has 5 nitrogen and oxygen atoms in total. The number of fused-ring (bicyclic) bond motifs is 1. The maximum Gasteiger partial charge on any atom is 0.293 e. The summed E-state index contributed by atoms with van der Waals surface area (Å²) in [5, 5.41) is 4.11. The minimum atomic E-state index is -0.0243. The molecule has 1 unspecified atom stereocenters. The van der Waals surface area contributed by atoms with Gasteiger partial charge < -0.3 is 9.42 Å². The van der Waals surface area contributed by atoms with E-state index in [1.807, 2.05) is 23.1 Å². The first-order valence-corrected chi connectivity index (χ1v) is 8.04. The zero-order valence-corrected chi connectivity index (χ0v) is 12.5. The Morgan fingerprint density at radius 1 is 1.23 bits per heavy atom. The Morgan fingerprint density at radius 3 is 3.00 bits per heavy atom. The largest absolute Gasteiger partial charge is 0.350 e. The first-order chi connectivity index (χ1) is 10.8. The topological polar surface area (TPSA) is 59.2 Å². The summed E-state index contributed by atoms with van der Waals surface area (Å²) < 4.78 is 5.41. The molecular weight excluding hydrogens is 278 g/mol. The van der Waals surface area contributed by atoms with Crippen LogP contribution in [0.5, 0.6) is 0 Å². The van der Waals surface area contributed by atoms with Crippen LogP contribution in [0.3, 0.4) is 0 Å². The molecule has 3 heterocycles. The predicted octanol–water partition coefficient (Wildman–Crippen LogP) is 2.93. The number of pyridine rings is 1. The molecule has 0 spiro atoms. The minimum Gasteiger partial charge on any atom is -0.350 e. The lowest BCUT2D eigenvalue weighted by molar-refractivity contribution is 0.0689. The standard InChI is InChI=1S/C17H19N3O2/c21-17(16-12-6-1-2-7-13(12)19-22-16)20-11-5-9-15(20)14-8-3-4-10-18-14/h3-4,8,10,15H,1-2,5-7,9,11H2. The van der Waals surface area contributed by atoms with Crippen molar-refractivity contribution in [1.29, 1.82) is 0 Å². The smallest absolute Gasteiger partial charge is 0.293 e. The summed E-state index contributed by atoms with van der Waals surface area (Å²) in [6, 6.07) is 5.92. The van der Waals surface area contributed by atoms with Gasteiger partial charge in [0.15, 0.2) is 0 Å². The lowest BCUT2D eigenvalue weighted by atomic mass is 9.95. The van der Waals surface area contributed by atoms with Crippen molar-refractivity contribution in [2.24, 2.45) is 0 Å². The Morgan fingerprint density at radius 2 is 2.14 bits per heavy atom. The fourth-order valence-corrected chi connectivity index (χ4v) is 3.58. The number of rotatable bonds is 2. The van der Waals surface area contributed by atoms with Crippen molar-refractivity contribution in [3.05, 3.63) is 47.1 Å². The lowest BCUT2D eigenvalue weighted by Gasteiger charge is -2.23. The van der Waals surface area contributed by atoms with Gasteiger partial charge in [0, 0.05) is 18.3 Å². The molecule has 4 rings (SSSR count). The normalized spacial score (nSPS) is 20.9. The van der Waals surface area contributed by atoms with Crippen LogP contribution in [-0.2, 0) is 12.8 Å². The summed E-state index contributed by atoms with van der Waals surface area (Å²) in [5.41, 5.74) is 2.97. The number of aryl methyl sites for hydroxylation is 1. The molecule has 1 saturated heterocycles. The van der Waals surface area contributed by atoms with Crippen LogP contribution in [0.4, 0.5) is 0 Å². The van der Waals surface area contributed by atoms with Crippen molar-refractivity contribution in [3.8, 4) is 0 Å². The number of hydrogen-bond acceptors (Lipinski definition) is 4. The van der Waals surface area contributed by atoms with Gasteiger partial charge in [0.2, 0.25) is 5.76 Å². The number of aromatic nitrogens is 2. The second kappa shape index (κ2) is 5.55. The van der Waals surface area contributed by atoms with Gasteiger partial charge in [-0.15, -0.1) is 0 Å². The molecule has 22 heavy (non-hydrogen) atoms. The third-order valence-electron chi connectivity index (χ3n) is 4.70. The highest BCUT2D eigenvalue weighted by molar-refractivity contribution is 5.93. The van der Waals surface area contributed by atoms with Gasteiger partial charge in [-0.1, -0.05) is 11.2 Å². The van der Waals surface area contributed by atoms with E-state index in [2.05, 4.69) is 10.1 Å². The van der Waals surface area contributed by atoms with Gasteiger partial charge in [-0.2, -0.15) is 0 Å². The predicted molar refractivity (Wildman–Crippen MR) is 80.4 cm³/mol. The number of carbonyl (C=O) groups is 1. The summed E-state index contributed by atoms with van der Waals surface area (Å²) in [6.45, 7) is 0.759. The molecule has 1 aliphatic carbocycles. The summed E-state index contributed by atoms with van der Waals surface area (Å²) in [7, 11) is 0. The van der Waals surface area contributed by atoms with Gasteiger partial charge in [0.1, 0.15) is 0 Å². The number of amides is 1. The second-order valence-corrected chi connectivity index (χ2v) is 6.06. The molecule has 5 heteroatoms. The molecule has 1 aliphatic heterocycles. The van der Waals surface area contributed by atoms with Crippen LogP contribution < -0.4 is 0 Å². The monoisotopic (exact) mass is 297 g/mol. The molecule has 0 saturated carbocycles. The first kappa shape index (κ1) is 13.5. The van der Waals surface area contributed by atoms with Crippen molar-refractivity contribution in [2.45, 2.75) is 44.6 Å². The quantitative estimate of drug-likeness (QED) is 0.855. The van der Waals surface area contributed by atoms with Gasteiger partial charge >= 0.3 is 0 Å². The summed E-state index contributed by atoms with van der Waals surface area (Å²) >= 11 is 0. The fourth-order valence-electron chi connectivity index (χ4n) is 3.58. The molecule has 0 N–H and O–H groups in total. The third kappa shape index (κ3) is 2.21. The second-order valence-electron chi connectivity index (χ2n) is 6.06. The van der Waals surface area contributed by atoms with Gasteiger partial charge in [-0.25, -0.2) is 0 Å². The highest BCUT2D eigenvalue weighted by Gasteiger charge is 2.35. The van der Waals surface area contributed by atoms with Gasteiger partial charge in [-0.3, -0.25) is 9.78 Å². The Bertz CT molecular complexity index is 680. The highest BCUT2D eigenvalue weighted by atomic mass is 16.5. The van der Waals surface area contributed by atoms with E-state index in [-0.39, 0.29) is 11.9 Å². The van der Waals surface area contributed by atoms with Crippen molar-refractivity contribution in [1.82, 2.24) is 15.0 Å². The van der Waals surface area contributed by atoms with Crippen molar-refractivity contribution >= 4 is 5.91 Å². The van der Waals surface area contributed by atoms with Crippen molar-refractivity contribution in [2.75, 3.05) is 6.54 Å². The van der Waals surface area contributed by atoms with Crippen LogP contribution in [0.1, 0.15) is 59.2 Å². The molecule has 114 valence electrons. The highest BCUT2D eigenvalue weighted by Crippen LogP contribution is 2.33. The van der Waals surface area contributed by atoms with Crippen LogP contribution in [0.15, 0.2) is 28.9 Å². The average Bonchev–Trinajstić information content (AvgIpc) is 3.22. The van der Waals surface area contributed by atoms with Crippen LogP contribution >= 0.6 is 0 Å². The number of nitrogens with zero attached hydrogens (tertiary/aromatic N) is 3. The molecule has 0 aromatic carbocycles. The minimum absolute atomic E-state index is 0.0243. The van der Waals surface area contributed by atoms with Gasteiger partial charge in [0.25, 0.3) is 5.91 Å². The Balaban J connectivity index is 1.63. The molecule has 1 atom stereocenters. The zero-order valence-electron chi connectivity index (χ0n) is 12.5. The van der Waals surface area contributed by atoms with E-state index in [4.69, 9.17) is 4.52 Å². The molecule has 2 aliphatic rings. The lowest BCUT2D eigenvalue weighted by Crippen LogP contribution is -2.31. The molecule has 2 aromatic rings. The summed E-state index contributed by atoms with van der Waals surface area (Å²) in [5.74, 6) is 0.432. The maximum absolute atomic E-state index is 12.9. The van der Waals surface area contributed by atoms with Gasteiger partial charge in [-0.05, 0) is 50.7 Å². The van der Waals surface area contributed by atoms with Crippen LogP contribution in [-0.4, -0.2) is 27.5 Å². The Labute approximate surface area is 129 Å². The molecule has 1 amide bonds. The molecule has 0 radical (unpaired) electrons. The van der Waals surface area contributed by atoms with E-state index >= 15 is 0 Å². The maximum atomic E-state index is 12.9. The Kier molecular flexibility index (Phi) is 3.41.